The van der Waals surface area contributed by atoms with Crippen molar-refractivity contribution >= 4 is 26.1 Å². The molecule has 0 aromatic carbocycles. The fraction of sp³-hybridized carbons (Fsp3) is 1.00. The summed E-state index contributed by atoms with van der Waals surface area (Å²) in [7, 11) is 0.417. The lowest BCUT2D eigenvalue weighted by Crippen LogP contribution is -2.35. The highest BCUT2D eigenvalue weighted by Crippen LogP contribution is 2.14. The summed E-state index contributed by atoms with van der Waals surface area (Å²) in [5.74, 6) is 0.996. The van der Waals surface area contributed by atoms with Crippen molar-refractivity contribution in [3.63, 3.8) is 0 Å². The van der Waals surface area contributed by atoms with E-state index < -0.39 is 0 Å². The normalized spacial score (nSPS) is 31.0. The van der Waals surface area contributed by atoms with E-state index in [1.54, 1.807) is 6.04 Å². The maximum Gasteiger partial charge on any atom is 0.140 e. The molecule has 1 aliphatic rings. The van der Waals surface area contributed by atoms with Crippen LogP contribution in [0.5, 0.6) is 0 Å². The molecule has 1 fully saturated rings. The SMILES string of the molecule is CCC(C)CC[SiH]1CCO[SiH2][SiH2]1. The van der Waals surface area contributed by atoms with Gasteiger partial charge in [0.15, 0.2) is 0 Å². The van der Waals surface area contributed by atoms with Crippen molar-refractivity contribution in [3.8, 4) is 0 Å². The molecule has 1 saturated heterocycles. The fourth-order valence-electron chi connectivity index (χ4n) is 1.76. The summed E-state index contributed by atoms with van der Waals surface area (Å²) in [5.41, 5.74) is 0. The van der Waals surface area contributed by atoms with Crippen LogP contribution in [0, 0.1) is 5.92 Å². The van der Waals surface area contributed by atoms with E-state index in [2.05, 4.69) is 13.8 Å². The molecule has 0 radical (unpaired) electrons. The van der Waals surface area contributed by atoms with Crippen LogP contribution >= 0.6 is 0 Å². The molecular formula is C8H22OSi3. The molecule has 0 aromatic heterocycles. The van der Waals surface area contributed by atoms with Gasteiger partial charge in [0.2, 0.25) is 0 Å². The Bertz CT molecular complexity index is 115. The minimum atomic E-state index is -0.121. The van der Waals surface area contributed by atoms with E-state index in [4.69, 9.17) is 4.43 Å². The summed E-state index contributed by atoms with van der Waals surface area (Å²) in [6, 6.07) is 3.20. The molecule has 0 N–H and O–H groups in total. The molecule has 1 rings (SSSR count). The first-order valence-corrected chi connectivity index (χ1v) is 14.9. The summed E-state index contributed by atoms with van der Waals surface area (Å²) in [5, 5.41) is 0. The molecule has 0 bridgehead atoms. The van der Waals surface area contributed by atoms with E-state index in [1.165, 1.54) is 18.9 Å². The van der Waals surface area contributed by atoms with Crippen LogP contribution in [0.2, 0.25) is 12.1 Å². The van der Waals surface area contributed by atoms with Gasteiger partial charge in [0.25, 0.3) is 0 Å². The predicted octanol–water partition coefficient (Wildman–Crippen LogP) is 0.344. The lowest BCUT2D eigenvalue weighted by molar-refractivity contribution is 0.366. The lowest BCUT2D eigenvalue weighted by atomic mass is 10.1. The maximum absolute atomic E-state index is 5.57. The van der Waals surface area contributed by atoms with Crippen molar-refractivity contribution in [1.29, 1.82) is 0 Å². The molecular weight excluding hydrogens is 196 g/mol. The lowest BCUT2D eigenvalue weighted by Gasteiger charge is -2.21. The highest BCUT2D eigenvalue weighted by atomic mass is 29.5. The van der Waals surface area contributed by atoms with Crippen molar-refractivity contribution in [2.75, 3.05) is 6.61 Å². The van der Waals surface area contributed by atoms with Crippen LogP contribution in [-0.2, 0) is 4.43 Å². The van der Waals surface area contributed by atoms with E-state index in [0.29, 0.717) is 8.55 Å². The van der Waals surface area contributed by atoms with Gasteiger partial charge in [-0.2, -0.15) is 0 Å². The van der Waals surface area contributed by atoms with Gasteiger partial charge in [-0.1, -0.05) is 32.7 Å². The van der Waals surface area contributed by atoms with Crippen LogP contribution in [0.3, 0.4) is 0 Å². The third-order valence-electron chi connectivity index (χ3n) is 3.11. The van der Waals surface area contributed by atoms with Gasteiger partial charge in [-0.15, -0.1) is 0 Å². The molecule has 2 atom stereocenters. The third kappa shape index (κ3) is 4.02. The smallest absolute Gasteiger partial charge is 0.140 e. The Balaban J connectivity index is 2.05. The van der Waals surface area contributed by atoms with Crippen molar-refractivity contribution in [1.82, 2.24) is 0 Å². The van der Waals surface area contributed by atoms with E-state index in [1.807, 2.05) is 0 Å². The summed E-state index contributed by atoms with van der Waals surface area (Å²) >= 11 is 0. The van der Waals surface area contributed by atoms with Gasteiger partial charge in [-0.05, 0) is 12.0 Å². The molecule has 12 heavy (non-hydrogen) atoms. The van der Waals surface area contributed by atoms with Crippen LogP contribution in [-0.4, -0.2) is 32.8 Å². The largest absolute Gasteiger partial charge is 0.428 e. The monoisotopic (exact) mass is 218 g/mol. The average Bonchev–Trinajstić information content (AvgIpc) is 2.16. The summed E-state index contributed by atoms with van der Waals surface area (Å²) in [4.78, 5) is 0. The fourth-order valence-corrected chi connectivity index (χ4v) is 20.1. The second-order valence-electron chi connectivity index (χ2n) is 4.15. The van der Waals surface area contributed by atoms with Crippen LogP contribution in [0.25, 0.3) is 0 Å². The van der Waals surface area contributed by atoms with E-state index in [9.17, 15) is 0 Å². The Labute approximate surface area is 82.2 Å². The van der Waals surface area contributed by atoms with Gasteiger partial charge in [0.1, 0.15) is 9.28 Å². The second-order valence-corrected chi connectivity index (χ2v) is 20.0. The van der Waals surface area contributed by atoms with Crippen LogP contribution in [0.15, 0.2) is 0 Å². The number of rotatable bonds is 4. The highest BCUT2D eigenvalue weighted by Gasteiger charge is 2.16. The Morgan fingerprint density at radius 3 is 3.00 bits per heavy atom. The Morgan fingerprint density at radius 1 is 1.58 bits per heavy atom. The number of hydrogen-bond donors (Lipinski definition) is 0. The van der Waals surface area contributed by atoms with Gasteiger partial charge < -0.3 is 4.43 Å². The van der Waals surface area contributed by atoms with Crippen molar-refractivity contribution in [3.05, 3.63) is 0 Å². The molecule has 1 aliphatic heterocycles. The van der Waals surface area contributed by atoms with E-state index in [-0.39, 0.29) is 17.6 Å². The first-order valence-electron chi connectivity index (χ1n) is 5.40. The Hall–Kier alpha value is 0.611. The Morgan fingerprint density at radius 2 is 2.42 bits per heavy atom. The van der Waals surface area contributed by atoms with Gasteiger partial charge in [0.05, 0.1) is 0 Å². The first-order chi connectivity index (χ1) is 5.83. The topological polar surface area (TPSA) is 9.23 Å². The molecule has 1 nitrogen and oxygen atoms in total. The van der Waals surface area contributed by atoms with Crippen LogP contribution in [0.1, 0.15) is 26.7 Å². The van der Waals surface area contributed by atoms with E-state index >= 15 is 0 Å². The molecule has 0 spiro atoms. The second kappa shape index (κ2) is 6.12. The first kappa shape index (κ1) is 10.7. The molecule has 0 aromatic rings. The molecule has 4 heteroatoms. The van der Waals surface area contributed by atoms with Crippen LogP contribution < -0.4 is 0 Å². The average molecular weight is 219 g/mol. The highest BCUT2D eigenvalue weighted by molar-refractivity contribution is 7.35. The molecule has 1 heterocycles. The molecule has 0 aliphatic carbocycles. The number of hydrogen-bond acceptors (Lipinski definition) is 1. The van der Waals surface area contributed by atoms with Crippen molar-refractivity contribution in [2.24, 2.45) is 5.92 Å². The van der Waals surface area contributed by atoms with Gasteiger partial charge in [-0.3, -0.25) is 0 Å². The van der Waals surface area contributed by atoms with Gasteiger partial charge in [0, 0.05) is 23.5 Å². The third-order valence-corrected chi connectivity index (χ3v) is 22.9. The minimum Gasteiger partial charge on any atom is -0.428 e. The molecule has 2 unspecified atom stereocenters. The van der Waals surface area contributed by atoms with Crippen molar-refractivity contribution < 1.29 is 4.43 Å². The van der Waals surface area contributed by atoms with E-state index in [0.717, 1.165) is 12.5 Å². The van der Waals surface area contributed by atoms with Gasteiger partial charge in [-0.25, -0.2) is 0 Å². The molecule has 72 valence electrons. The zero-order valence-electron chi connectivity index (χ0n) is 8.51. The molecule has 0 amide bonds. The van der Waals surface area contributed by atoms with Crippen LogP contribution in [0.4, 0.5) is 0 Å². The summed E-state index contributed by atoms with van der Waals surface area (Å²) < 4.78 is 5.57. The zero-order valence-corrected chi connectivity index (χ0v) is 12.5. The Kier molecular flexibility index (Phi) is 5.46. The quantitative estimate of drug-likeness (QED) is 0.619. The van der Waals surface area contributed by atoms with Crippen molar-refractivity contribution in [2.45, 2.75) is 38.8 Å². The zero-order chi connectivity index (χ0) is 8.81. The minimum absolute atomic E-state index is 0.111. The maximum atomic E-state index is 5.57. The van der Waals surface area contributed by atoms with Gasteiger partial charge >= 0.3 is 0 Å². The summed E-state index contributed by atoms with van der Waals surface area (Å²) in [6.45, 7) is 5.89. The summed E-state index contributed by atoms with van der Waals surface area (Å²) in [6.07, 6.45) is 2.92. The standard InChI is InChI=1S/C8H22OSi3/c1-3-8(2)4-6-12-7-5-9-10-11-12/h8,12H,3-7,10-11H2,1-2H3. The predicted molar refractivity (Wildman–Crippen MR) is 63.9 cm³/mol. The molecule has 0 saturated carbocycles.